The number of aromatic nitrogens is 2. The maximum atomic E-state index is 12.1. The zero-order chi connectivity index (χ0) is 18.5. The molecule has 1 aromatic carbocycles. The van der Waals surface area contributed by atoms with Crippen molar-refractivity contribution in [2.24, 2.45) is 0 Å². The van der Waals surface area contributed by atoms with Crippen LogP contribution in [0.2, 0.25) is 5.02 Å². The van der Waals surface area contributed by atoms with Crippen LogP contribution < -0.4 is 10.6 Å². The monoisotopic (exact) mass is 374 g/mol. The summed E-state index contributed by atoms with van der Waals surface area (Å²) in [5.74, 6) is 0.565. The van der Waals surface area contributed by atoms with Gasteiger partial charge in [-0.05, 0) is 30.3 Å². The van der Waals surface area contributed by atoms with Gasteiger partial charge in [0.05, 0.1) is 16.8 Å². The minimum atomic E-state index is -0.331. The zero-order valence-corrected chi connectivity index (χ0v) is 14.5. The maximum Gasteiger partial charge on any atom is 0.252 e. The number of nitrogens with zero attached hydrogens (tertiary/aromatic N) is 2. The molecule has 26 heavy (non-hydrogen) atoms. The molecule has 0 fully saturated rings. The second kappa shape index (κ2) is 7.83. The number of benzene rings is 1. The van der Waals surface area contributed by atoms with Crippen LogP contribution in [-0.2, 0) is 11.2 Å². The van der Waals surface area contributed by atoms with Gasteiger partial charge in [0.15, 0.2) is 5.76 Å². The molecule has 0 aliphatic rings. The Morgan fingerprint density at radius 1 is 1.27 bits per heavy atom. The molecule has 0 atom stereocenters. The summed E-state index contributed by atoms with van der Waals surface area (Å²) in [7, 11) is 1.51. The normalized spacial score (nSPS) is 10.5. The first-order valence-electron chi connectivity index (χ1n) is 7.75. The van der Waals surface area contributed by atoms with Crippen molar-refractivity contribution in [3.8, 4) is 11.6 Å². The molecule has 2 heterocycles. The van der Waals surface area contributed by atoms with Gasteiger partial charge in [-0.15, -0.1) is 0 Å². The van der Waals surface area contributed by atoms with Crippen LogP contribution in [0.3, 0.4) is 0 Å². The summed E-state index contributed by atoms with van der Waals surface area (Å²) in [4.78, 5) is 28.0. The molecule has 0 saturated carbocycles. The molecule has 3 rings (SSSR count). The molecule has 3 aromatic rings. The number of amides is 2. The number of furan rings is 1. The van der Waals surface area contributed by atoms with E-state index in [0.29, 0.717) is 28.2 Å². The van der Waals surface area contributed by atoms with Crippen LogP contribution in [0.5, 0.6) is 0 Å². The lowest BCUT2D eigenvalue weighted by atomic mass is 10.2. The maximum absolute atomic E-state index is 12.1. The van der Waals surface area contributed by atoms with Gasteiger partial charge in [-0.3, -0.25) is 9.59 Å². The second-order valence-corrected chi connectivity index (χ2v) is 5.72. The van der Waals surface area contributed by atoms with Gasteiger partial charge in [-0.25, -0.2) is 0 Å². The van der Waals surface area contributed by atoms with Crippen molar-refractivity contribution in [1.29, 1.82) is 0 Å². The molecular formula is C17H15ClN4O4. The number of nitrogens with one attached hydrogen (secondary N) is 2. The molecule has 0 bridgehead atoms. The van der Waals surface area contributed by atoms with Crippen molar-refractivity contribution in [2.45, 2.75) is 12.8 Å². The van der Waals surface area contributed by atoms with E-state index in [1.807, 2.05) is 0 Å². The van der Waals surface area contributed by atoms with Gasteiger partial charge >= 0.3 is 0 Å². The number of rotatable bonds is 6. The van der Waals surface area contributed by atoms with Crippen molar-refractivity contribution < 1.29 is 18.5 Å². The average molecular weight is 375 g/mol. The van der Waals surface area contributed by atoms with Crippen molar-refractivity contribution in [2.75, 3.05) is 12.4 Å². The Morgan fingerprint density at radius 3 is 2.85 bits per heavy atom. The third-order valence-electron chi connectivity index (χ3n) is 3.50. The number of anilines is 1. The number of carbonyl (C=O) groups excluding carboxylic acids is 2. The van der Waals surface area contributed by atoms with E-state index in [4.69, 9.17) is 20.5 Å². The number of halogens is 1. The molecule has 0 unspecified atom stereocenters. The minimum Gasteiger partial charge on any atom is -0.461 e. The van der Waals surface area contributed by atoms with Crippen LogP contribution in [0.4, 0.5) is 5.69 Å². The van der Waals surface area contributed by atoms with E-state index in [-0.39, 0.29) is 30.2 Å². The summed E-state index contributed by atoms with van der Waals surface area (Å²) in [6, 6.07) is 8.12. The fourth-order valence-electron chi connectivity index (χ4n) is 2.22. The first-order chi connectivity index (χ1) is 12.6. The van der Waals surface area contributed by atoms with E-state index in [1.165, 1.54) is 19.4 Å². The average Bonchev–Trinajstić information content (AvgIpc) is 3.32. The van der Waals surface area contributed by atoms with Gasteiger partial charge in [0.1, 0.15) is 0 Å². The van der Waals surface area contributed by atoms with Gasteiger partial charge in [-0.2, -0.15) is 4.98 Å². The van der Waals surface area contributed by atoms with Crippen molar-refractivity contribution in [1.82, 2.24) is 15.5 Å². The SMILES string of the molecule is CNC(=O)c1cc(NC(=O)CCc2nc(-c3ccco3)no2)ccc1Cl. The number of carbonyl (C=O) groups is 2. The van der Waals surface area contributed by atoms with Crippen LogP contribution in [0.15, 0.2) is 45.5 Å². The first kappa shape index (κ1) is 17.7. The highest BCUT2D eigenvalue weighted by Gasteiger charge is 2.14. The summed E-state index contributed by atoms with van der Waals surface area (Å²) < 4.78 is 10.3. The molecule has 0 saturated heterocycles. The first-order valence-corrected chi connectivity index (χ1v) is 8.12. The van der Waals surface area contributed by atoms with E-state index in [1.54, 1.807) is 24.3 Å². The van der Waals surface area contributed by atoms with E-state index in [0.717, 1.165) is 0 Å². The van der Waals surface area contributed by atoms with Crippen LogP contribution in [-0.4, -0.2) is 29.0 Å². The number of hydrogen-bond acceptors (Lipinski definition) is 6. The van der Waals surface area contributed by atoms with Crippen LogP contribution in [0.25, 0.3) is 11.6 Å². The predicted octanol–water partition coefficient (Wildman–Crippen LogP) is 2.91. The summed E-state index contributed by atoms with van der Waals surface area (Å²) in [6.07, 6.45) is 1.92. The second-order valence-electron chi connectivity index (χ2n) is 5.31. The molecule has 2 N–H and O–H groups in total. The third kappa shape index (κ3) is 4.09. The summed E-state index contributed by atoms with van der Waals surface area (Å²) in [5.41, 5.74) is 0.756. The fourth-order valence-corrected chi connectivity index (χ4v) is 2.42. The molecule has 0 radical (unpaired) electrons. The Bertz CT molecular complexity index is 921. The van der Waals surface area contributed by atoms with E-state index < -0.39 is 0 Å². The largest absolute Gasteiger partial charge is 0.461 e. The van der Waals surface area contributed by atoms with Gasteiger partial charge in [0.25, 0.3) is 5.91 Å². The molecule has 8 nitrogen and oxygen atoms in total. The zero-order valence-electron chi connectivity index (χ0n) is 13.8. The minimum absolute atomic E-state index is 0.137. The van der Waals surface area contributed by atoms with E-state index >= 15 is 0 Å². The van der Waals surface area contributed by atoms with E-state index in [9.17, 15) is 9.59 Å². The number of aryl methyl sites for hydroxylation is 1. The third-order valence-corrected chi connectivity index (χ3v) is 3.83. The lowest BCUT2D eigenvalue weighted by molar-refractivity contribution is -0.116. The Kier molecular flexibility index (Phi) is 5.33. The Morgan fingerprint density at radius 2 is 2.12 bits per heavy atom. The lowest BCUT2D eigenvalue weighted by Gasteiger charge is -2.08. The molecular weight excluding hydrogens is 360 g/mol. The Balaban J connectivity index is 1.59. The van der Waals surface area contributed by atoms with E-state index in [2.05, 4.69) is 20.8 Å². The molecule has 0 aliphatic carbocycles. The van der Waals surface area contributed by atoms with Gasteiger partial charge in [-0.1, -0.05) is 16.8 Å². The highest BCUT2D eigenvalue weighted by Crippen LogP contribution is 2.21. The molecule has 9 heteroatoms. The van der Waals surface area contributed by atoms with Crippen LogP contribution in [0, 0.1) is 0 Å². The molecule has 2 amide bonds. The highest BCUT2D eigenvalue weighted by molar-refractivity contribution is 6.34. The summed E-state index contributed by atoms with van der Waals surface area (Å²) in [6.45, 7) is 0. The highest BCUT2D eigenvalue weighted by atomic mass is 35.5. The van der Waals surface area contributed by atoms with Gasteiger partial charge < -0.3 is 19.6 Å². The molecule has 2 aromatic heterocycles. The topological polar surface area (TPSA) is 110 Å². The Labute approximate surface area is 153 Å². The summed E-state index contributed by atoms with van der Waals surface area (Å²) >= 11 is 5.98. The standard InChI is InChI=1S/C17H15ClN4O4/c1-19-17(24)11-9-10(4-5-12(11)18)20-14(23)6-7-15-21-16(22-26-15)13-3-2-8-25-13/h2-5,8-9H,6-7H2,1H3,(H,19,24)(H,20,23). The van der Waals surface area contributed by atoms with Crippen LogP contribution in [0.1, 0.15) is 22.7 Å². The smallest absolute Gasteiger partial charge is 0.252 e. The fraction of sp³-hybridized carbons (Fsp3) is 0.176. The van der Waals surface area contributed by atoms with Crippen LogP contribution >= 0.6 is 11.6 Å². The van der Waals surface area contributed by atoms with Crippen molar-refractivity contribution in [3.05, 3.63) is 53.1 Å². The lowest BCUT2D eigenvalue weighted by Crippen LogP contribution is -2.19. The predicted molar refractivity (Wildman–Crippen MR) is 93.8 cm³/mol. The number of hydrogen-bond donors (Lipinski definition) is 2. The van der Waals surface area contributed by atoms with Gasteiger partial charge in [0, 0.05) is 25.6 Å². The van der Waals surface area contributed by atoms with Crippen molar-refractivity contribution in [3.63, 3.8) is 0 Å². The quantitative estimate of drug-likeness (QED) is 0.686. The Hall–Kier alpha value is -3.13. The van der Waals surface area contributed by atoms with Gasteiger partial charge in [0.2, 0.25) is 17.6 Å². The summed E-state index contributed by atoms with van der Waals surface area (Å²) in [5, 5.41) is 9.30. The van der Waals surface area contributed by atoms with Crippen molar-refractivity contribution >= 4 is 29.1 Å². The molecule has 134 valence electrons. The molecule has 0 aliphatic heterocycles. The molecule has 0 spiro atoms.